The van der Waals surface area contributed by atoms with E-state index in [2.05, 4.69) is 10.6 Å². The van der Waals surface area contributed by atoms with Gasteiger partial charge in [0.2, 0.25) is 17.7 Å². The quantitative estimate of drug-likeness (QED) is 0.865. The van der Waals surface area contributed by atoms with Crippen molar-refractivity contribution < 1.29 is 23.2 Å². The Hall–Kier alpha value is -3.29. The number of nitrogens with one attached hydrogen (secondary N) is 2. The van der Waals surface area contributed by atoms with Gasteiger partial charge in [-0.15, -0.1) is 0 Å². The Morgan fingerprint density at radius 2 is 1.56 bits per heavy atom. The van der Waals surface area contributed by atoms with Gasteiger partial charge in [0, 0.05) is 31.3 Å². The summed E-state index contributed by atoms with van der Waals surface area (Å²) in [6.07, 6.45) is -0.135. The van der Waals surface area contributed by atoms with E-state index >= 15 is 0 Å². The van der Waals surface area contributed by atoms with Gasteiger partial charge in [-0.2, -0.15) is 0 Å². The lowest BCUT2D eigenvalue weighted by molar-refractivity contribution is -0.122. The molecular weight excluding hydrogens is 356 g/mol. The average Bonchev–Trinajstić information content (AvgIpc) is 2.98. The van der Waals surface area contributed by atoms with E-state index in [9.17, 15) is 23.2 Å². The maximum absolute atomic E-state index is 13.9. The molecule has 2 aromatic rings. The molecule has 1 aliphatic heterocycles. The van der Waals surface area contributed by atoms with Crippen LogP contribution in [0, 0.1) is 17.6 Å². The zero-order valence-corrected chi connectivity index (χ0v) is 14.5. The highest BCUT2D eigenvalue weighted by molar-refractivity contribution is 6.03. The number of rotatable bonds is 4. The van der Waals surface area contributed by atoms with Crippen LogP contribution in [0.15, 0.2) is 42.5 Å². The first-order valence-electron chi connectivity index (χ1n) is 8.28. The molecule has 1 aliphatic rings. The van der Waals surface area contributed by atoms with E-state index in [1.54, 1.807) is 24.3 Å². The van der Waals surface area contributed by atoms with Crippen molar-refractivity contribution in [1.82, 2.24) is 0 Å². The number of benzene rings is 2. The molecule has 27 heavy (non-hydrogen) atoms. The zero-order valence-electron chi connectivity index (χ0n) is 14.5. The number of anilines is 3. The molecule has 2 aromatic carbocycles. The maximum atomic E-state index is 13.9. The Labute approximate surface area is 154 Å². The molecular formula is C19H17F2N3O3. The zero-order chi connectivity index (χ0) is 19.6. The van der Waals surface area contributed by atoms with Gasteiger partial charge < -0.3 is 15.5 Å². The van der Waals surface area contributed by atoms with Gasteiger partial charge in [-0.25, -0.2) is 8.78 Å². The monoisotopic (exact) mass is 373 g/mol. The van der Waals surface area contributed by atoms with Gasteiger partial charge in [-0.3, -0.25) is 14.4 Å². The summed E-state index contributed by atoms with van der Waals surface area (Å²) in [5.41, 5.74) is 0.632. The molecule has 8 heteroatoms. The highest BCUT2D eigenvalue weighted by atomic mass is 19.1. The molecule has 140 valence electrons. The van der Waals surface area contributed by atoms with Crippen LogP contribution < -0.4 is 15.5 Å². The van der Waals surface area contributed by atoms with Crippen LogP contribution in [0.1, 0.15) is 13.3 Å². The third-order valence-corrected chi connectivity index (χ3v) is 4.18. The summed E-state index contributed by atoms with van der Waals surface area (Å²) in [4.78, 5) is 36.6. The van der Waals surface area contributed by atoms with Gasteiger partial charge in [-0.1, -0.05) is 6.07 Å². The van der Waals surface area contributed by atoms with Crippen LogP contribution in [0.2, 0.25) is 0 Å². The Morgan fingerprint density at radius 1 is 1.00 bits per heavy atom. The Morgan fingerprint density at radius 3 is 2.11 bits per heavy atom. The molecule has 0 aromatic heterocycles. The van der Waals surface area contributed by atoms with Crippen molar-refractivity contribution in [3.05, 3.63) is 54.1 Å². The fraction of sp³-hybridized carbons (Fsp3) is 0.211. The Kier molecular flexibility index (Phi) is 5.16. The predicted molar refractivity (Wildman–Crippen MR) is 96.2 cm³/mol. The number of amides is 3. The number of para-hydroxylation sites is 1. The predicted octanol–water partition coefficient (Wildman–Crippen LogP) is 2.91. The van der Waals surface area contributed by atoms with Gasteiger partial charge in [0.25, 0.3) is 0 Å². The second kappa shape index (κ2) is 7.53. The topological polar surface area (TPSA) is 78.5 Å². The summed E-state index contributed by atoms with van der Waals surface area (Å²) < 4.78 is 27.8. The fourth-order valence-electron chi connectivity index (χ4n) is 2.93. The smallest absolute Gasteiger partial charge is 0.229 e. The minimum absolute atomic E-state index is 0.105. The van der Waals surface area contributed by atoms with Crippen LogP contribution in [0.5, 0.6) is 0 Å². The number of nitrogens with zero attached hydrogens (tertiary/aromatic N) is 1. The molecule has 0 radical (unpaired) electrons. The molecule has 1 heterocycles. The fourth-order valence-corrected chi connectivity index (χ4v) is 2.93. The van der Waals surface area contributed by atoms with Crippen molar-refractivity contribution in [2.45, 2.75) is 13.3 Å². The first kappa shape index (κ1) is 18.5. The number of hydrogen-bond acceptors (Lipinski definition) is 3. The van der Waals surface area contributed by atoms with Gasteiger partial charge >= 0.3 is 0 Å². The Bertz CT molecular complexity index is 879. The molecule has 1 unspecified atom stereocenters. The van der Waals surface area contributed by atoms with E-state index in [1.165, 1.54) is 13.0 Å². The average molecular weight is 373 g/mol. The third-order valence-electron chi connectivity index (χ3n) is 4.18. The maximum Gasteiger partial charge on any atom is 0.229 e. The van der Waals surface area contributed by atoms with Crippen LogP contribution in [0.25, 0.3) is 0 Å². The lowest BCUT2D eigenvalue weighted by Crippen LogP contribution is -2.29. The summed E-state index contributed by atoms with van der Waals surface area (Å²) in [5, 5.41) is 5.27. The number of halogens is 2. The molecule has 6 nitrogen and oxygen atoms in total. The van der Waals surface area contributed by atoms with E-state index in [0.717, 1.165) is 17.0 Å². The standard InChI is InChI=1S/C19H17F2N3O3/c1-11(25)22-13-5-7-14(8-6-13)23-19(27)12-9-17(26)24(10-12)18-15(20)3-2-4-16(18)21/h2-8,12H,9-10H2,1H3,(H,22,25)(H,23,27). The van der Waals surface area contributed by atoms with Crippen molar-refractivity contribution in [1.29, 1.82) is 0 Å². The third kappa shape index (κ3) is 4.11. The SMILES string of the molecule is CC(=O)Nc1ccc(NC(=O)C2CC(=O)N(c3c(F)cccc3F)C2)cc1. The summed E-state index contributed by atoms with van der Waals surface area (Å²) >= 11 is 0. The molecule has 2 N–H and O–H groups in total. The summed E-state index contributed by atoms with van der Waals surface area (Å²) in [7, 11) is 0. The van der Waals surface area contributed by atoms with Gasteiger partial charge in [0.1, 0.15) is 17.3 Å². The summed E-state index contributed by atoms with van der Waals surface area (Å²) in [6, 6.07) is 9.80. The normalized spacial score (nSPS) is 16.3. The molecule has 0 bridgehead atoms. The highest BCUT2D eigenvalue weighted by Crippen LogP contribution is 2.30. The van der Waals surface area contributed by atoms with Crippen molar-refractivity contribution in [3.63, 3.8) is 0 Å². The van der Waals surface area contributed by atoms with E-state index < -0.39 is 35.1 Å². The van der Waals surface area contributed by atoms with Gasteiger partial charge in [0.05, 0.1) is 5.92 Å². The van der Waals surface area contributed by atoms with E-state index in [4.69, 9.17) is 0 Å². The van der Waals surface area contributed by atoms with E-state index in [1.807, 2.05) is 0 Å². The second-order valence-corrected chi connectivity index (χ2v) is 6.22. The van der Waals surface area contributed by atoms with E-state index in [0.29, 0.717) is 11.4 Å². The molecule has 0 aliphatic carbocycles. The summed E-state index contributed by atoms with van der Waals surface area (Å²) in [5.74, 6) is -3.57. The molecule has 3 amide bonds. The molecule has 1 fully saturated rings. The summed E-state index contributed by atoms with van der Waals surface area (Å²) in [6.45, 7) is 1.28. The minimum atomic E-state index is -0.849. The molecule has 0 spiro atoms. The lowest BCUT2D eigenvalue weighted by Gasteiger charge is -2.18. The highest BCUT2D eigenvalue weighted by Gasteiger charge is 2.37. The number of hydrogen-bond donors (Lipinski definition) is 2. The minimum Gasteiger partial charge on any atom is -0.326 e. The van der Waals surface area contributed by atoms with Crippen LogP contribution in [0.4, 0.5) is 25.8 Å². The van der Waals surface area contributed by atoms with Crippen LogP contribution in [-0.4, -0.2) is 24.3 Å². The van der Waals surface area contributed by atoms with Crippen molar-refractivity contribution in [3.8, 4) is 0 Å². The van der Waals surface area contributed by atoms with Crippen LogP contribution >= 0.6 is 0 Å². The van der Waals surface area contributed by atoms with Gasteiger partial charge in [0.15, 0.2) is 0 Å². The van der Waals surface area contributed by atoms with Crippen molar-refractivity contribution >= 4 is 34.8 Å². The molecule has 3 rings (SSSR count). The molecule has 1 saturated heterocycles. The van der Waals surface area contributed by atoms with Crippen molar-refractivity contribution in [2.24, 2.45) is 5.92 Å². The Balaban J connectivity index is 1.68. The number of carbonyl (C=O) groups excluding carboxylic acids is 3. The first-order chi connectivity index (χ1) is 12.8. The largest absolute Gasteiger partial charge is 0.326 e. The lowest BCUT2D eigenvalue weighted by atomic mass is 10.1. The van der Waals surface area contributed by atoms with Crippen LogP contribution in [-0.2, 0) is 14.4 Å². The molecule has 1 atom stereocenters. The van der Waals surface area contributed by atoms with E-state index in [-0.39, 0.29) is 18.9 Å². The van der Waals surface area contributed by atoms with Crippen molar-refractivity contribution in [2.75, 3.05) is 22.1 Å². The second-order valence-electron chi connectivity index (χ2n) is 6.22. The number of carbonyl (C=O) groups is 3. The van der Waals surface area contributed by atoms with Crippen LogP contribution in [0.3, 0.4) is 0 Å². The van der Waals surface area contributed by atoms with Gasteiger partial charge in [-0.05, 0) is 36.4 Å². The molecule has 0 saturated carbocycles. The first-order valence-corrected chi connectivity index (χ1v) is 8.28.